The van der Waals surface area contributed by atoms with Crippen LogP contribution in [-0.4, -0.2) is 30.1 Å². The van der Waals surface area contributed by atoms with Crippen molar-refractivity contribution in [1.29, 1.82) is 0 Å². The number of amides is 1. The fraction of sp³-hybridized carbons (Fsp3) is 0.412. The quantitative estimate of drug-likeness (QED) is 0.839. The molecule has 1 aromatic heterocycles. The molecule has 3 N–H and O–H groups in total. The summed E-state index contributed by atoms with van der Waals surface area (Å²) in [4.78, 5) is 16.8. The molecule has 0 fully saturated rings. The van der Waals surface area contributed by atoms with Crippen LogP contribution in [0.25, 0.3) is 0 Å². The van der Waals surface area contributed by atoms with E-state index in [9.17, 15) is 4.79 Å². The van der Waals surface area contributed by atoms with E-state index < -0.39 is 0 Å². The van der Waals surface area contributed by atoms with Gasteiger partial charge in [0.2, 0.25) is 0 Å². The zero-order chi connectivity index (χ0) is 17.1. The van der Waals surface area contributed by atoms with Gasteiger partial charge >= 0.3 is 0 Å². The normalized spacial score (nSPS) is 15.7. The van der Waals surface area contributed by atoms with Crippen molar-refractivity contribution in [3.05, 3.63) is 33.8 Å². The number of carbonyl (C=O) groups is 1. The molecular formula is C17H21N3O3S. The summed E-state index contributed by atoms with van der Waals surface area (Å²) in [6, 6.07) is 3.77. The Labute approximate surface area is 145 Å². The molecule has 24 heavy (non-hydrogen) atoms. The molecule has 0 saturated carbocycles. The highest BCUT2D eigenvalue weighted by Crippen LogP contribution is 2.38. The van der Waals surface area contributed by atoms with Crippen LogP contribution in [0, 0.1) is 0 Å². The number of rotatable bonds is 6. The maximum absolute atomic E-state index is 12.5. The molecule has 7 heteroatoms. The van der Waals surface area contributed by atoms with Gasteiger partial charge in [0.05, 0.1) is 17.3 Å². The van der Waals surface area contributed by atoms with Crippen LogP contribution >= 0.6 is 11.3 Å². The van der Waals surface area contributed by atoms with E-state index in [1.807, 2.05) is 26.0 Å². The van der Waals surface area contributed by atoms with Crippen LogP contribution in [0.3, 0.4) is 0 Å². The summed E-state index contributed by atoms with van der Waals surface area (Å²) in [6.45, 7) is 4.98. The minimum Gasteiger partial charge on any atom is -0.492 e. The van der Waals surface area contributed by atoms with Crippen molar-refractivity contribution < 1.29 is 14.3 Å². The van der Waals surface area contributed by atoms with Crippen molar-refractivity contribution in [2.75, 3.05) is 18.5 Å². The van der Waals surface area contributed by atoms with Gasteiger partial charge in [0.15, 0.2) is 0 Å². The van der Waals surface area contributed by atoms with Gasteiger partial charge in [-0.3, -0.25) is 4.79 Å². The van der Waals surface area contributed by atoms with E-state index in [2.05, 4.69) is 10.3 Å². The zero-order valence-electron chi connectivity index (χ0n) is 13.8. The molecule has 1 amide bonds. The van der Waals surface area contributed by atoms with Crippen LogP contribution in [0.4, 0.5) is 5.69 Å². The Morgan fingerprint density at radius 1 is 1.54 bits per heavy atom. The largest absolute Gasteiger partial charge is 0.492 e. The lowest BCUT2D eigenvalue weighted by atomic mass is 10.1. The molecule has 1 atom stereocenters. The number of fused-ring (bicyclic) bond motifs is 1. The monoisotopic (exact) mass is 347 g/mol. The average molecular weight is 347 g/mol. The lowest BCUT2D eigenvalue weighted by Crippen LogP contribution is -2.14. The van der Waals surface area contributed by atoms with Crippen molar-refractivity contribution in [2.24, 2.45) is 5.73 Å². The van der Waals surface area contributed by atoms with Crippen LogP contribution in [0.5, 0.6) is 11.5 Å². The Morgan fingerprint density at radius 2 is 2.38 bits per heavy atom. The van der Waals surface area contributed by atoms with Gasteiger partial charge in [0, 0.05) is 29.9 Å². The highest BCUT2D eigenvalue weighted by Gasteiger charge is 2.23. The Kier molecular flexibility index (Phi) is 5.01. The Hall–Kier alpha value is -2.12. The zero-order valence-corrected chi connectivity index (χ0v) is 14.6. The van der Waals surface area contributed by atoms with E-state index in [0.717, 1.165) is 22.7 Å². The number of anilines is 1. The topological polar surface area (TPSA) is 86.5 Å². The fourth-order valence-corrected chi connectivity index (χ4v) is 3.45. The van der Waals surface area contributed by atoms with E-state index in [1.54, 1.807) is 5.38 Å². The third kappa shape index (κ3) is 3.52. The summed E-state index contributed by atoms with van der Waals surface area (Å²) in [6.07, 6.45) is 1.66. The summed E-state index contributed by atoms with van der Waals surface area (Å²) in [5.74, 6) is 1.18. The fourth-order valence-electron chi connectivity index (χ4n) is 2.65. The molecule has 2 heterocycles. The predicted octanol–water partition coefficient (Wildman–Crippen LogP) is 2.62. The molecule has 0 radical (unpaired) electrons. The van der Waals surface area contributed by atoms with E-state index >= 15 is 0 Å². The van der Waals surface area contributed by atoms with Gasteiger partial charge < -0.3 is 20.5 Å². The van der Waals surface area contributed by atoms with Crippen LogP contribution < -0.4 is 20.5 Å². The molecule has 1 aromatic carbocycles. The number of nitrogens with two attached hydrogens (primary N) is 1. The summed E-state index contributed by atoms with van der Waals surface area (Å²) in [5, 5.41) is 5.48. The maximum Gasteiger partial charge on any atom is 0.275 e. The first-order valence-electron chi connectivity index (χ1n) is 8.03. The van der Waals surface area contributed by atoms with Crippen LogP contribution in [0.1, 0.15) is 34.9 Å². The first kappa shape index (κ1) is 16.7. The second-order valence-corrected chi connectivity index (χ2v) is 6.58. The number of carbonyl (C=O) groups excluding carboxylic acids is 1. The van der Waals surface area contributed by atoms with Gasteiger partial charge in [-0.05, 0) is 26.5 Å². The molecule has 1 aliphatic rings. The van der Waals surface area contributed by atoms with Gasteiger partial charge in [-0.25, -0.2) is 4.98 Å². The summed E-state index contributed by atoms with van der Waals surface area (Å²) in [7, 11) is 0. The van der Waals surface area contributed by atoms with Crippen LogP contribution in [-0.2, 0) is 12.8 Å². The molecule has 0 aliphatic carbocycles. The minimum atomic E-state index is -0.263. The Balaban J connectivity index is 1.82. The van der Waals surface area contributed by atoms with Gasteiger partial charge in [-0.15, -0.1) is 11.3 Å². The number of hydrogen-bond donors (Lipinski definition) is 2. The third-order valence-corrected chi connectivity index (χ3v) is 4.60. The van der Waals surface area contributed by atoms with Crippen molar-refractivity contribution in [2.45, 2.75) is 32.8 Å². The van der Waals surface area contributed by atoms with Crippen molar-refractivity contribution in [1.82, 2.24) is 4.98 Å². The molecule has 3 rings (SSSR count). The van der Waals surface area contributed by atoms with Gasteiger partial charge in [0.1, 0.15) is 23.3 Å². The number of nitrogens with one attached hydrogen (secondary N) is 1. The van der Waals surface area contributed by atoms with E-state index in [0.29, 0.717) is 36.7 Å². The lowest BCUT2D eigenvalue weighted by Gasteiger charge is -2.13. The van der Waals surface area contributed by atoms with Crippen molar-refractivity contribution in [3.8, 4) is 11.5 Å². The average Bonchev–Trinajstić information content (AvgIpc) is 3.14. The Bertz CT molecular complexity index is 745. The van der Waals surface area contributed by atoms with Gasteiger partial charge in [0.25, 0.3) is 5.91 Å². The molecule has 1 unspecified atom stereocenters. The molecular weight excluding hydrogens is 326 g/mol. The van der Waals surface area contributed by atoms with Gasteiger partial charge in [-0.2, -0.15) is 0 Å². The minimum absolute atomic E-state index is 0.137. The molecule has 6 nitrogen and oxygen atoms in total. The highest BCUT2D eigenvalue weighted by molar-refractivity contribution is 7.09. The van der Waals surface area contributed by atoms with Gasteiger partial charge in [-0.1, -0.05) is 0 Å². The molecule has 0 saturated heterocycles. The molecule has 0 bridgehead atoms. The first-order valence-corrected chi connectivity index (χ1v) is 8.90. The van der Waals surface area contributed by atoms with Crippen LogP contribution in [0.2, 0.25) is 0 Å². The van der Waals surface area contributed by atoms with E-state index in [4.69, 9.17) is 15.2 Å². The van der Waals surface area contributed by atoms with E-state index in [1.165, 1.54) is 11.3 Å². The maximum atomic E-state index is 12.5. The number of nitrogens with zero attached hydrogens (tertiary/aromatic N) is 1. The standard InChI is InChI=1S/C17H21N3O3S/c1-3-22-15-7-11-6-10(2)23-14(11)8-12(15)20-17(21)13-9-24-16(19-13)4-5-18/h7-10H,3-6,18H2,1-2H3,(H,20,21). The summed E-state index contributed by atoms with van der Waals surface area (Å²) in [5.41, 5.74) is 7.61. The Morgan fingerprint density at radius 3 is 3.12 bits per heavy atom. The first-order chi connectivity index (χ1) is 11.6. The van der Waals surface area contributed by atoms with Crippen molar-refractivity contribution >= 4 is 22.9 Å². The molecule has 0 spiro atoms. The highest BCUT2D eigenvalue weighted by atomic mass is 32.1. The number of aromatic nitrogens is 1. The summed E-state index contributed by atoms with van der Waals surface area (Å²) < 4.78 is 11.4. The van der Waals surface area contributed by atoms with Crippen LogP contribution in [0.15, 0.2) is 17.5 Å². The number of ether oxygens (including phenoxy) is 2. The smallest absolute Gasteiger partial charge is 0.275 e. The van der Waals surface area contributed by atoms with Crippen molar-refractivity contribution in [3.63, 3.8) is 0 Å². The second-order valence-electron chi connectivity index (χ2n) is 5.64. The van der Waals surface area contributed by atoms with E-state index in [-0.39, 0.29) is 12.0 Å². The number of hydrogen-bond acceptors (Lipinski definition) is 6. The molecule has 1 aliphatic heterocycles. The summed E-state index contributed by atoms with van der Waals surface area (Å²) >= 11 is 1.44. The third-order valence-electron chi connectivity index (χ3n) is 3.69. The second kappa shape index (κ2) is 7.19. The predicted molar refractivity (Wildman–Crippen MR) is 94.2 cm³/mol. The SMILES string of the molecule is CCOc1cc2c(cc1NC(=O)c1csc(CCN)n1)OC(C)C2. The number of thiazole rings is 1. The molecule has 2 aromatic rings. The molecule has 128 valence electrons. The number of benzene rings is 1. The lowest BCUT2D eigenvalue weighted by molar-refractivity contribution is 0.102.